The maximum absolute atomic E-state index is 15.6. The number of halogens is 4. The number of alkyl halides is 3. The molecule has 0 saturated carbocycles. The van der Waals surface area contributed by atoms with Crippen LogP contribution < -0.4 is 20.5 Å². The van der Waals surface area contributed by atoms with E-state index in [1.807, 2.05) is 25.8 Å². The molecular formula is C29H32F4N4O4. The molecule has 41 heavy (non-hydrogen) atoms. The van der Waals surface area contributed by atoms with E-state index >= 15 is 4.39 Å². The first kappa shape index (κ1) is 30.1. The van der Waals surface area contributed by atoms with Gasteiger partial charge in [0.2, 0.25) is 5.56 Å². The van der Waals surface area contributed by atoms with Gasteiger partial charge in [-0.05, 0) is 50.7 Å². The maximum atomic E-state index is 15.6. The summed E-state index contributed by atoms with van der Waals surface area (Å²) >= 11 is 0. The second-order valence-corrected chi connectivity index (χ2v) is 10.1. The zero-order chi connectivity index (χ0) is 29.9. The second kappa shape index (κ2) is 12.3. The van der Waals surface area contributed by atoms with Crippen molar-refractivity contribution in [2.45, 2.75) is 32.1 Å². The molecule has 1 amide bonds. The van der Waals surface area contributed by atoms with E-state index in [4.69, 9.17) is 9.47 Å². The number of piperazine rings is 1. The van der Waals surface area contributed by atoms with Crippen molar-refractivity contribution in [1.82, 2.24) is 9.88 Å². The van der Waals surface area contributed by atoms with E-state index in [-0.39, 0.29) is 23.3 Å². The van der Waals surface area contributed by atoms with Gasteiger partial charge in [0.15, 0.2) is 0 Å². The molecule has 1 fully saturated rings. The number of H-pyrrole nitrogens is 1. The Hall–Kier alpha value is -3.90. The molecule has 1 aromatic heterocycles. The first-order valence-corrected chi connectivity index (χ1v) is 13.0. The number of pyridine rings is 1. The van der Waals surface area contributed by atoms with Gasteiger partial charge in [0, 0.05) is 50.1 Å². The van der Waals surface area contributed by atoms with Crippen LogP contribution in [-0.4, -0.2) is 68.3 Å². The Kier molecular flexibility index (Phi) is 9.03. The van der Waals surface area contributed by atoms with Crippen LogP contribution in [0.4, 0.5) is 28.9 Å². The lowest BCUT2D eigenvalue weighted by Crippen LogP contribution is -2.55. The highest BCUT2D eigenvalue weighted by atomic mass is 19.4. The first-order chi connectivity index (χ1) is 19.4. The van der Waals surface area contributed by atoms with Gasteiger partial charge >= 0.3 is 6.18 Å². The van der Waals surface area contributed by atoms with Crippen molar-refractivity contribution >= 4 is 17.3 Å². The summed E-state index contributed by atoms with van der Waals surface area (Å²) in [5.74, 6) is -1.11. The van der Waals surface area contributed by atoms with Gasteiger partial charge in [0.05, 0.1) is 29.1 Å². The predicted molar refractivity (Wildman–Crippen MR) is 148 cm³/mol. The third-order valence-electron chi connectivity index (χ3n) is 7.23. The van der Waals surface area contributed by atoms with Gasteiger partial charge in [-0.15, -0.1) is 0 Å². The molecule has 2 heterocycles. The zero-order valence-corrected chi connectivity index (χ0v) is 23.1. The van der Waals surface area contributed by atoms with E-state index in [1.165, 1.54) is 12.1 Å². The molecule has 0 bridgehead atoms. The van der Waals surface area contributed by atoms with E-state index in [9.17, 15) is 22.8 Å². The minimum Gasteiger partial charge on any atom is -0.491 e. The number of amides is 1. The zero-order valence-electron chi connectivity index (χ0n) is 23.1. The van der Waals surface area contributed by atoms with Gasteiger partial charge in [-0.1, -0.05) is 12.1 Å². The van der Waals surface area contributed by atoms with Crippen LogP contribution in [0.3, 0.4) is 0 Å². The highest BCUT2D eigenvalue weighted by Gasteiger charge is 2.36. The SMILES string of the molecule is COCCOc1ccc(-c2cc(NC(=O)c3c[nH]c(=O)cc3C(F)(F)F)c(N3CC(C)N(C)C(C)C3)cc2F)cc1. The number of carbonyl (C=O) groups excluding carboxylic acids is 1. The summed E-state index contributed by atoms with van der Waals surface area (Å²) in [5.41, 5.74) is -2.03. The number of ether oxygens (including phenoxy) is 2. The predicted octanol–water partition coefficient (Wildman–Crippen LogP) is 5.01. The van der Waals surface area contributed by atoms with Crippen LogP contribution in [0.15, 0.2) is 53.5 Å². The highest BCUT2D eigenvalue weighted by Crippen LogP contribution is 2.37. The number of nitrogens with one attached hydrogen (secondary N) is 2. The van der Waals surface area contributed by atoms with Gasteiger partial charge in [-0.2, -0.15) is 13.2 Å². The van der Waals surface area contributed by atoms with Crippen LogP contribution >= 0.6 is 0 Å². The molecule has 2 unspecified atom stereocenters. The monoisotopic (exact) mass is 576 g/mol. The van der Waals surface area contributed by atoms with E-state index in [0.29, 0.717) is 49.4 Å². The van der Waals surface area contributed by atoms with Crippen LogP contribution in [0.1, 0.15) is 29.8 Å². The molecule has 220 valence electrons. The number of aromatic amines is 1. The molecule has 12 heteroatoms. The summed E-state index contributed by atoms with van der Waals surface area (Å²) in [5, 5.41) is 2.56. The number of benzene rings is 2. The molecule has 2 aromatic carbocycles. The molecule has 8 nitrogen and oxygen atoms in total. The van der Waals surface area contributed by atoms with Gasteiger partial charge in [0.1, 0.15) is 18.2 Å². The molecule has 0 aliphatic carbocycles. The van der Waals surface area contributed by atoms with Crippen molar-refractivity contribution in [3.63, 3.8) is 0 Å². The summed E-state index contributed by atoms with van der Waals surface area (Å²) in [6.45, 7) is 5.76. The van der Waals surface area contributed by atoms with Crippen LogP contribution in [0, 0.1) is 5.82 Å². The summed E-state index contributed by atoms with van der Waals surface area (Å²) in [4.78, 5) is 31.0. The van der Waals surface area contributed by atoms with Crippen molar-refractivity contribution in [3.8, 4) is 16.9 Å². The Morgan fingerprint density at radius 1 is 1.07 bits per heavy atom. The number of anilines is 2. The number of carbonyl (C=O) groups is 1. The van der Waals surface area contributed by atoms with Crippen LogP contribution in [0.5, 0.6) is 5.75 Å². The van der Waals surface area contributed by atoms with E-state index < -0.39 is 34.6 Å². The normalized spacial score (nSPS) is 17.9. The Morgan fingerprint density at radius 3 is 2.34 bits per heavy atom. The molecule has 3 aromatic rings. The fraction of sp³-hybridized carbons (Fsp3) is 0.379. The molecule has 1 aliphatic rings. The molecule has 2 atom stereocenters. The van der Waals surface area contributed by atoms with E-state index in [1.54, 1.807) is 31.4 Å². The molecule has 4 rings (SSSR count). The maximum Gasteiger partial charge on any atom is 0.417 e. The number of methoxy groups -OCH3 is 1. The summed E-state index contributed by atoms with van der Waals surface area (Å²) in [7, 11) is 3.54. The van der Waals surface area contributed by atoms with Crippen molar-refractivity contribution < 1.29 is 31.8 Å². The molecule has 2 N–H and O–H groups in total. The van der Waals surface area contributed by atoms with Crippen LogP contribution in [0.2, 0.25) is 0 Å². The number of likely N-dealkylation sites (N-methyl/N-ethyl adjacent to an activating group) is 1. The number of rotatable bonds is 8. The lowest BCUT2D eigenvalue weighted by Gasteiger charge is -2.44. The molecular weight excluding hydrogens is 544 g/mol. The average molecular weight is 577 g/mol. The number of nitrogens with zero attached hydrogens (tertiary/aromatic N) is 2. The minimum atomic E-state index is -4.94. The molecule has 1 saturated heterocycles. The summed E-state index contributed by atoms with van der Waals surface area (Å²) < 4.78 is 67.2. The van der Waals surface area contributed by atoms with Gasteiger partial charge in [-0.25, -0.2) is 4.39 Å². The third-order valence-corrected chi connectivity index (χ3v) is 7.23. The molecule has 0 spiro atoms. The Bertz CT molecular complexity index is 1430. The lowest BCUT2D eigenvalue weighted by molar-refractivity contribution is -0.138. The van der Waals surface area contributed by atoms with Gasteiger partial charge < -0.3 is 24.7 Å². The standard InChI is InChI=1S/C29H32F4N4O4/c1-17-15-37(16-18(2)36(17)3)26-13-24(30)21(19-5-7-20(8-6-19)41-10-9-40-4)11-25(26)35-28(39)22-14-34-27(38)12-23(22)29(31,32)33/h5-8,11-14,17-18H,9-10,15-16H2,1-4H3,(H,34,38)(H,35,39). The summed E-state index contributed by atoms with van der Waals surface area (Å²) in [6, 6.07) is 9.84. The fourth-order valence-corrected chi connectivity index (χ4v) is 4.80. The minimum absolute atomic E-state index is 0.0896. The Morgan fingerprint density at radius 2 is 1.73 bits per heavy atom. The van der Waals surface area contributed by atoms with E-state index in [2.05, 4.69) is 15.2 Å². The number of hydrogen-bond acceptors (Lipinski definition) is 6. The van der Waals surface area contributed by atoms with Crippen molar-refractivity contribution in [2.75, 3.05) is 50.7 Å². The Labute approximate surface area is 234 Å². The molecule has 1 aliphatic heterocycles. The van der Waals surface area contributed by atoms with Gasteiger partial charge in [0.25, 0.3) is 5.91 Å². The number of aromatic nitrogens is 1. The second-order valence-electron chi connectivity index (χ2n) is 10.1. The average Bonchev–Trinajstić information content (AvgIpc) is 2.92. The van der Waals surface area contributed by atoms with Crippen molar-refractivity contribution in [2.24, 2.45) is 0 Å². The quantitative estimate of drug-likeness (QED) is 0.290. The fourth-order valence-electron chi connectivity index (χ4n) is 4.80. The van der Waals surface area contributed by atoms with Crippen molar-refractivity contribution in [3.05, 3.63) is 76.0 Å². The molecule has 0 radical (unpaired) electrons. The smallest absolute Gasteiger partial charge is 0.417 e. The third kappa shape index (κ3) is 6.88. The largest absolute Gasteiger partial charge is 0.491 e. The first-order valence-electron chi connectivity index (χ1n) is 13.0. The van der Waals surface area contributed by atoms with Crippen molar-refractivity contribution in [1.29, 1.82) is 0 Å². The topological polar surface area (TPSA) is 86.9 Å². The summed E-state index contributed by atoms with van der Waals surface area (Å²) in [6.07, 6.45) is -4.21. The highest BCUT2D eigenvalue weighted by molar-refractivity contribution is 6.07. The van der Waals surface area contributed by atoms with Gasteiger partial charge in [-0.3, -0.25) is 14.5 Å². The number of hydrogen-bond donors (Lipinski definition) is 2. The lowest BCUT2D eigenvalue weighted by atomic mass is 10.0. The Balaban J connectivity index is 1.75. The van der Waals surface area contributed by atoms with Crippen LogP contribution in [-0.2, 0) is 10.9 Å². The van der Waals surface area contributed by atoms with Crippen LogP contribution in [0.25, 0.3) is 11.1 Å². The van der Waals surface area contributed by atoms with E-state index in [0.717, 1.165) is 6.20 Å².